The summed E-state index contributed by atoms with van der Waals surface area (Å²) in [6.45, 7) is 5.31. The minimum absolute atomic E-state index is 0.0838. The smallest absolute Gasteiger partial charge is 0.246 e. The van der Waals surface area contributed by atoms with E-state index in [2.05, 4.69) is 5.32 Å². The number of piperazine rings is 1. The highest BCUT2D eigenvalue weighted by Crippen LogP contribution is 2.30. The first-order chi connectivity index (χ1) is 8.93. The lowest BCUT2D eigenvalue weighted by atomic mass is 10.0. The van der Waals surface area contributed by atoms with Gasteiger partial charge < -0.3 is 10.2 Å². The number of rotatable bonds is 2. The maximum absolute atomic E-state index is 12.3. The molecule has 1 fully saturated rings. The van der Waals surface area contributed by atoms with E-state index in [4.69, 9.17) is 11.6 Å². The van der Waals surface area contributed by atoms with Crippen molar-refractivity contribution in [2.24, 2.45) is 0 Å². The highest BCUT2D eigenvalue weighted by atomic mass is 35.5. The third-order valence-electron chi connectivity index (χ3n) is 3.55. The van der Waals surface area contributed by atoms with E-state index in [9.17, 15) is 9.59 Å². The largest absolute Gasteiger partial charge is 0.343 e. The molecule has 0 spiro atoms. The Morgan fingerprint density at radius 1 is 1.26 bits per heavy atom. The fraction of sp³-hybridized carbons (Fsp3) is 0.429. The topological polar surface area (TPSA) is 49.4 Å². The highest BCUT2D eigenvalue weighted by Gasteiger charge is 2.39. The molecule has 1 N–H and O–H groups in total. The molecule has 3 atom stereocenters. The lowest BCUT2D eigenvalue weighted by Gasteiger charge is -2.40. The number of hydrogen-bond acceptors (Lipinski definition) is 2. The molecule has 1 aromatic carbocycles. The summed E-state index contributed by atoms with van der Waals surface area (Å²) in [6, 6.07) is 6.17. The van der Waals surface area contributed by atoms with Crippen LogP contribution in [0.25, 0.3) is 0 Å². The van der Waals surface area contributed by atoms with E-state index in [1.54, 1.807) is 24.8 Å². The molecule has 1 aliphatic heterocycles. The Morgan fingerprint density at radius 2 is 1.89 bits per heavy atom. The molecule has 0 saturated carbocycles. The Kier molecular flexibility index (Phi) is 3.80. The maximum atomic E-state index is 12.3. The molecule has 19 heavy (non-hydrogen) atoms. The van der Waals surface area contributed by atoms with Gasteiger partial charge in [0, 0.05) is 5.02 Å². The molecule has 0 aromatic heterocycles. The molecule has 3 unspecified atom stereocenters. The van der Waals surface area contributed by atoms with Crippen molar-refractivity contribution in [1.82, 2.24) is 10.2 Å². The van der Waals surface area contributed by atoms with Crippen molar-refractivity contribution in [3.05, 3.63) is 34.9 Å². The summed E-state index contributed by atoms with van der Waals surface area (Å²) in [5, 5.41) is 3.27. The molecule has 0 radical (unpaired) electrons. The van der Waals surface area contributed by atoms with Crippen molar-refractivity contribution in [3.63, 3.8) is 0 Å². The minimum Gasteiger partial charge on any atom is -0.343 e. The van der Waals surface area contributed by atoms with Crippen molar-refractivity contribution in [1.29, 1.82) is 0 Å². The second kappa shape index (κ2) is 5.21. The van der Waals surface area contributed by atoms with E-state index in [0.717, 1.165) is 5.56 Å². The molecule has 1 aromatic rings. The van der Waals surface area contributed by atoms with Crippen LogP contribution < -0.4 is 5.32 Å². The van der Waals surface area contributed by atoms with Crippen LogP contribution in [0.4, 0.5) is 0 Å². The zero-order valence-corrected chi connectivity index (χ0v) is 11.9. The molecule has 2 rings (SSSR count). The van der Waals surface area contributed by atoms with Crippen molar-refractivity contribution in [2.75, 3.05) is 0 Å². The Labute approximate surface area is 117 Å². The van der Waals surface area contributed by atoms with E-state index in [1.807, 2.05) is 25.1 Å². The van der Waals surface area contributed by atoms with Gasteiger partial charge in [-0.1, -0.05) is 29.8 Å². The van der Waals surface area contributed by atoms with Crippen LogP contribution in [0.3, 0.4) is 0 Å². The van der Waals surface area contributed by atoms with Gasteiger partial charge in [0.05, 0.1) is 6.04 Å². The lowest BCUT2D eigenvalue weighted by molar-refractivity contribution is -0.150. The van der Waals surface area contributed by atoms with E-state index < -0.39 is 12.1 Å². The average molecular weight is 281 g/mol. The van der Waals surface area contributed by atoms with Gasteiger partial charge in [-0.2, -0.15) is 0 Å². The van der Waals surface area contributed by atoms with Gasteiger partial charge in [0.15, 0.2) is 0 Å². The van der Waals surface area contributed by atoms with Crippen LogP contribution in [-0.4, -0.2) is 28.8 Å². The summed E-state index contributed by atoms with van der Waals surface area (Å²) in [5.41, 5.74) is 0.853. The molecule has 1 heterocycles. The predicted molar refractivity (Wildman–Crippen MR) is 73.8 cm³/mol. The predicted octanol–water partition coefficient (Wildman–Crippen LogP) is 2.14. The maximum Gasteiger partial charge on any atom is 0.246 e. The normalized spacial score (nSPS) is 25.2. The zero-order chi connectivity index (χ0) is 14.2. The standard InChI is InChI=1S/C14H17ClN2O2/c1-8-14(19)17(10(3)13(18)16-8)9(2)11-6-4-5-7-12(11)15/h4-10H,1-3H3,(H,16,18). The van der Waals surface area contributed by atoms with Crippen LogP contribution in [0.15, 0.2) is 24.3 Å². The average Bonchev–Trinajstić information content (AvgIpc) is 2.37. The second-order valence-electron chi connectivity index (χ2n) is 4.85. The van der Waals surface area contributed by atoms with Crippen LogP contribution >= 0.6 is 11.6 Å². The summed E-state index contributed by atoms with van der Waals surface area (Å²) in [7, 11) is 0. The lowest BCUT2D eigenvalue weighted by Crippen LogP contribution is -2.61. The van der Waals surface area contributed by atoms with Crippen molar-refractivity contribution >= 4 is 23.4 Å². The van der Waals surface area contributed by atoms with E-state index >= 15 is 0 Å². The van der Waals surface area contributed by atoms with Gasteiger partial charge in [-0.25, -0.2) is 0 Å². The Morgan fingerprint density at radius 3 is 2.53 bits per heavy atom. The van der Waals surface area contributed by atoms with Crippen LogP contribution in [0.1, 0.15) is 32.4 Å². The zero-order valence-electron chi connectivity index (χ0n) is 11.2. The first-order valence-corrected chi connectivity index (χ1v) is 6.68. The van der Waals surface area contributed by atoms with Crippen molar-refractivity contribution in [2.45, 2.75) is 38.9 Å². The second-order valence-corrected chi connectivity index (χ2v) is 5.26. The van der Waals surface area contributed by atoms with E-state index in [-0.39, 0.29) is 17.9 Å². The molecule has 2 amide bonds. The summed E-state index contributed by atoms with van der Waals surface area (Å²) in [6.07, 6.45) is 0. The quantitative estimate of drug-likeness (QED) is 0.902. The number of nitrogens with zero attached hydrogens (tertiary/aromatic N) is 1. The number of benzene rings is 1. The molecular weight excluding hydrogens is 264 g/mol. The van der Waals surface area contributed by atoms with Crippen LogP contribution in [0, 0.1) is 0 Å². The Balaban J connectivity index is 2.36. The monoisotopic (exact) mass is 280 g/mol. The summed E-state index contributed by atoms with van der Waals surface area (Å²) >= 11 is 6.17. The van der Waals surface area contributed by atoms with Gasteiger partial charge in [0.1, 0.15) is 12.1 Å². The summed E-state index contributed by atoms with van der Waals surface area (Å²) in [4.78, 5) is 25.7. The van der Waals surface area contributed by atoms with Crippen LogP contribution in [0.5, 0.6) is 0 Å². The third kappa shape index (κ3) is 2.45. The fourth-order valence-corrected chi connectivity index (χ4v) is 2.72. The van der Waals surface area contributed by atoms with Gasteiger partial charge in [-0.05, 0) is 32.4 Å². The molecular formula is C14H17ClN2O2. The number of carbonyl (C=O) groups excluding carboxylic acids is 2. The number of nitrogens with one attached hydrogen (secondary N) is 1. The first kappa shape index (κ1) is 13.9. The van der Waals surface area contributed by atoms with Gasteiger partial charge in [-0.15, -0.1) is 0 Å². The number of halogens is 1. The molecule has 102 valence electrons. The fourth-order valence-electron chi connectivity index (χ4n) is 2.43. The van der Waals surface area contributed by atoms with E-state index in [0.29, 0.717) is 5.02 Å². The van der Waals surface area contributed by atoms with Gasteiger partial charge in [0.2, 0.25) is 11.8 Å². The number of hydrogen-bond donors (Lipinski definition) is 1. The van der Waals surface area contributed by atoms with Crippen molar-refractivity contribution < 1.29 is 9.59 Å². The number of carbonyl (C=O) groups is 2. The first-order valence-electron chi connectivity index (χ1n) is 6.30. The van der Waals surface area contributed by atoms with Crippen LogP contribution in [0.2, 0.25) is 5.02 Å². The summed E-state index contributed by atoms with van der Waals surface area (Å²) in [5.74, 6) is -0.217. The molecule has 5 heteroatoms. The Hall–Kier alpha value is -1.55. The van der Waals surface area contributed by atoms with Crippen LogP contribution in [-0.2, 0) is 9.59 Å². The van der Waals surface area contributed by atoms with E-state index in [1.165, 1.54) is 0 Å². The highest BCUT2D eigenvalue weighted by molar-refractivity contribution is 6.31. The molecule has 1 saturated heterocycles. The number of amides is 2. The van der Waals surface area contributed by atoms with Crippen molar-refractivity contribution in [3.8, 4) is 0 Å². The van der Waals surface area contributed by atoms with Gasteiger partial charge >= 0.3 is 0 Å². The van der Waals surface area contributed by atoms with Gasteiger partial charge in [0.25, 0.3) is 0 Å². The SMILES string of the molecule is CC1NC(=O)C(C)N(C(C)c2ccccc2Cl)C1=O. The molecule has 0 aliphatic carbocycles. The molecule has 0 bridgehead atoms. The molecule has 1 aliphatic rings. The van der Waals surface area contributed by atoms with Gasteiger partial charge in [-0.3, -0.25) is 9.59 Å². The molecule has 4 nitrogen and oxygen atoms in total. The summed E-state index contributed by atoms with van der Waals surface area (Å²) < 4.78 is 0. The minimum atomic E-state index is -0.492. The third-order valence-corrected chi connectivity index (χ3v) is 3.90. The Bertz CT molecular complexity index is 518.